The summed E-state index contributed by atoms with van der Waals surface area (Å²) in [6.45, 7) is 7.07. The van der Waals surface area contributed by atoms with E-state index in [1.54, 1.807) is 18.3 Å². The molecule has 0 spiro atoms. The van der Waals surface area contributed by atoms with Crippen molar-refractivity contribution in [2.24, 2.45) is 0 Å². The first-order valence-corrected chi connectivity index (χ1v) is 8.94. The summed E-state index contributed by atoms with van der Waals surface area (Å²) in [7, 11) is 0. The first kappa shape index (κ1) is 17.9. The van der Waals surface area contributed by atoms with Crippen LogP contribution in [0.1, 0.15) is 31.4 Å². The molecule has 3 rings (SSSR count). The van der Waals surface area contributed by atoms with Crippen LogP contribution in [0.25, 0.3) is 0 Å². The normalized spacial score (nSPS) is 14.8. The number of carbonyl (C=O) groups is 1. The highest BCUT2D eigenvalue weighted by molar-refractivity contribution is 5.78. The Kier molecular flexibility index (Phi) is 5.22. The fourth-order valence-electron chi connectivity index (χ4n) is 3.33. The Morgan fingerprint density at radius 2 is 1.85 bits per heavy atom. The molecule has 0 radical (unpaired) electrons. The van der Waals surface area contributed by atoms with Crippen LogP contribution in [0.5, 0.6) is 0 Å². The Morgan fingerprint density at radius 1 is 1.15 bits per heavy atom. The topological polar surface area (TPSA) is 60.2 Å². The second-order valence-corrected chi connectivity index (χ2v) is 7.31. The Morgan fingerprint density at radius 3 is 2.50 bits per heavy atom. The number of rotatable bonds is 4. The van der Waals surface area contributed by atoms with Gasteiger partial charge in [0, 0.05) is 38.8 Å². The average Bonchev–Trinajstić information content (AvgIpc) is 2.68. The molecule has 1 aromatic heterocycles. The number of amides is 1. The second kappa shape index (κ2) is 7.57. The van der Waals surface area contributed by atoms with E-state index in [1.165, 1.54) is 5.56 Å². The van der Waals surface area contributed by atoms with Crippen LogP contribution in [0.4, 0.5) is 5.82 Å². The molecule has 1 aliphatic rings. The largest absolute Gasteiger partial charge is 0.353 e. The summed E-state index contributed by atoms with van der Waals surface area (Å²) in [4.78, 5) is 21.2. The molecule has 26 heavy (non-hydrogen) atoms. The summed E-state index contributed by atoms with van der Waals surface area (Å²) in [6, 6.07) is 15.8. The van der Waals surface area contributed by atoms with E-state index in [2.05, 4.69) is 41.9 Å². The minimum absolute atomic E-state index is 0.182. The lowest BCUT2D eigenvalue weighted by atomic mass is 9.81. The van der Waals surface area contributed by atoms with Gasteiger partial charge in [-0.3, -0.25) is 4.79 Å². The Balaban J connectivity index is 1.59. The van der Waals surface area contributed by atoms with Gasteiger partial charge in [0.15, 0.2) is 0 Å². The molecule has 0 unspecified atom stereocenters. The second-order valence-electron chi connectivity index (χ2n) is 7.31. The average molecular weight is 348 g/mol. The van der Waals surface area contributed by atoms with Gasteiger partial charge < -0.3 is 9.80 Å². The molecule has 0 saturated carbocycles. The quantitative estimate of drug-likeness (QED) is 0.852. The Hall–Kier alpha value is -2.87. The van der Waals surface area contributed by atoms with Crippen molar-refractivity contribution in [3.63, 3.8) is 0 Å². The van der Waals surface area contributed by atoms with E-state index >= 15 is 0 Å². The van der Waals surface area contributed by atoms with Crippen LogP contribution >= 0.6 is 0 Å². The minimum Gasteiger partial charge on any atom is -0.353 e. The summed E-state index contributed by atoms with van der Waals surface area (Å²) in [5.74, 6) is 0.998. The zero-order valence-corrected chi connectivity index (χ0v) is 15.4. The van der Waals surface area contributed by atoms with Crippen LogP contribution in [-0.2, 0) is 10.2 Å². The van der Waals surface area contributed by atoms with Crippen LogP contribution in [-0.4, -0.2) is 42.0 Å². The molecule has 1 aromatic carbocycles. The summed E-state index contributed by atoms with van der Waals surface area (Å²) in [5.41, 5.74) is 1.61. The molecule has 0 N–H and O–H groups in total. The number of carbonyl (C=O) groups excluding carboxylic acids is 1. The lowest BCUT2D eigenvalue weighted by molar-refractivity contribution is -0.132. The van der Waals surface area contributed by atoms with Crippen molar-refractivity contribution in [1.29, 1.82) is 5.26 Å². The summed E-state index contributed by atoms with van der Waals surface area (Å²) in [6.07, 6.45) is 2.16. The summed E-state index contributed by atoms with van der Waals surface area (Å²) < 4.78 is 0. The molecule has 1 saturated heterocycles. The van der Waals surface area contributed by atoms with Crippen molar-refractivity contribution in [1.82, 2.24) is 9.88 Å². The lowest BCUT2D eigenvalue weighted by Crippen LogP contribution is -2.50. The van der Waals surface area contributed by atoms with Crippen molar-refractivity contribution in [2.45, 2.75) is 25.7 Å². The molecule has 0 bridgehead atoms. The predicted octanol–water partition coefficient (Wildman–Crippen LogP) is 2.97. The maximum Gasteiger partial charge on any atom is 0.223 e. The predicted molar refractivity (Wildman–Crippen MR) is 102 cm³/mol. The Labute approximate surface area is 154 Å². The highest BCUT2D eigenvalue weighted by Gasteiger charge is 2.29. The molecule has 0 aliphatic carbocycles. The van der Waals surface area contributed by atoms with Crippen molar-refractivity contribution in [3.05, 3.63) is 59.8 Å². The van der Waals surface area contributed by atoms with E-state index in [1.807, 2.05) is 23.1 Å². The van der Waals surface area contributed by atoms with Crippen molar-refractivity contribution in [2.75, 3.05) is 31.1 Å². The Bertz CT molecular complexity index is 802. The third-order valence-electron chi connectivity index (χ3n) is 4.98. The number of aromatic nitrogens is 1. The molecule has 134 valence electrons. The van der Waals surface area contributed by atoms with Gasteiger partial charge in [-0.15, -0.1) is 0 Å². The van der Waals surface area contributed by atoms with E-state index in [4.69, 9.17) is 5.26 Å². The minimum atomic E-state index is -0.182. The number of pyridine rings is 1. The van der Waals surface area contributed by atoms with Gasteiger partial charge in [0.2, 0.25) is 5.91 Å². The van der Waals surface area contributed by atoms with E-state index < -0.39 is 0 Å². The fraction of sp³-hybridized carbons (Fsp3) is 0.381. The van der Waals surface area contributed by atoms with Gasteiger partial charge >= 0.3 is 0 Å². The van der Waals surface area contributed by atoms with Crippen LogP contribution in [0.15, 0.2) is 48.7 Å². The van der Waals surface area contributed by atoms with Crippen molar-refractivity contribution >= 4 is 11.7 Å². The lowest BCUT2D eigenvalue weighted by Gasteiger charge is -2.37. The first-order chi connectivity index (χ1) is 12.5. The number of anilines is 1. The number of nitrogens with zero attached hydrogens (tertiary/aromatic N) is 4. The molecule has 2 aromatic rings. The number of piperazine rings is 1. The van der Waals surface area contributed by atoms with E-state index in [0.717, 1.165) is 18.9 Å². The molecule has 0 atom stereocenters. The molecule has 5 nitrogen and oxygen atoms in total. The van der Waals surface area contributed by atoms with Crippen LogP contribution < -0.4 is 4.90 Å². The van der Waals surface area contributed by atoms with E-state index in [9.17, 15) is 4.79 Å². The maximum absolute atomic E-state index is 12.8. The van der Waals surface area contributed by atoms with Crippen LogP contribution in [0.3, 0.4) is 0 Å². The van der Waals surface area contributed by atoms with Gasteiger partial charge in [-0.05, 0) is 23.1 Å². The monoisotopic (exact) mass is 348 g/mol. The molecule has 1 aliphatic heterocycles. The highest BCUT2D eigenvalue weighted by Crippen LogP contribution is 2.28. The maximum atomic E-state index is 12.8. The SMILES string of the molecule is CC(C)(CC(=O)N1CCN(c2cc(C#N)ccn2)CC1)c1ccccc1. The third kappa shape index (κ3) is 4.02. The molecule has 1 amide bonds. The molecular weight excluding hydrogens is 324 g/mol. The molecular formula is C21H24N4O. The van der Waals surface area contributed by atoms with Crippen LogP contribution in [0.2, 0.25) is 0 Å². The van der Waals surface area contributed by atoms with Gasteiger partial charge in [0.05, 0.1) is 11.6 Å². The number of hydrogen-bond donors (Lipinski definition) is 0. The number of benzene rings is 1. The molecule has 1 fully saturated rings. The number of hydrogen-bond acceptors (Lipinski definition) is 4. The fourth-order valence-corrected chi connectivity index (χ4v) is 3.33. The smallest absolute Gasteiger partial charge is 0.223 e. The van der Waals surface area contributed by atoms with Crippen molar-refractivity contribution in [3.8, 4) is 6.07 Å². The summed E-state index contributed by atoms with van der Waals surface area (Å²) >= 11 is 0. The van der Waals surface area contributed by atoms with Crippen molar-refractivity contribution < 1.29 is 4.79 Å². The molecule has 2 heterocycles. The van der Waals surface area contributed by atoms with Gasteiger partial charge in [-0.2, -0.15) is 5.26 Å². The van der Waals surface area contributed by atoms with Gasteiger partial charge in [0.25, 0.3) is 0 Å². The van der Waals surface area contributed by atoms with E-state index in [-0.39, 0.29) is 11.3 Å². The zero-order valence-electron chi connectivity index (χ0n) is 15.4. The number of nitriles is 1. The summed E-state index contributed by atoms with van der Waals surface area (Å²) in [5, 5.41) is 9.03. The zero-order chi connectivity index (χ0) is 18.6. The van der Waals surface area contributed by atoms with E-state index in [0.29, 0.717) is 25.1 Å². The molecule has 5 heteroatoms. The third-order valence-corrected chi connectivity index (χ3v) is 4.98. The van der Waals surface area contributed by atoms with Gasteiger partial charge in [-0.25, -0.2) is 4.98 Å². The highest BCUT2D eigenvalue weighted by atomic mass is 16.2. The van der Waals surface area contributed by atoms with Crippen LogP contribution in [0, 0.1) is 11.3 Å². The standard InChI is InChI=1S/C21H24N4O/c1-21(2,18-6-4-3-5-7-18)15-20(26)25-12-10-24(11-13-25)19-14-17(16-22)8-9-23-19/h3-9,14H,10-13,15H2,1-2H3. The van der Waals surface area contributed by atoms with Gasteiger partial charge in [-0.1, -0.05) is 44.2 Å². The van der Waals surface area contributed by atoms with Gasteiger partial charge in [0.1, 0.15) is 5.82 Å². The first-order valence-electron chi connectivity index (χ1n) is 8.94.